The quantitative estimate of drug-likeness (QED) is 0.797. The van der Waals surface area contributed by atoms with E-state index in [2.05, 4.69) is 24.1 Å². The fraction of sp³-hybridized carbons (Fsp3) is 0.538. The minimum absolute atomic E-state index is 0.650. The van der Waals surface area contributed by atoms with Gasteiger partial charge in [-0.3, -0.25) is 0 Å². The second-order valence-electron chi connectivity index (χ2n) is 5.10. The SMILES string of the molecule is CN1CC(c2cccc(C(C)(C)O)c2)C1. The summed E-state index contributed by atoms with van der Waals surface area (Å²) in [7, 11) is 2.14. The average Bonchev–Trinajstić information content (AvgIpc) is 2.12. The molecule has 1 aliphatic heterocycles. The summed E-state index contributed by atoms with van der Waals surface area (Å²) in [6, 6.07) is 8.33. The lowest BCUT2D eigenvalue weighted by molar-refractivity contribution is 0.0783. The van der Waals surface area contributed by atoms with Gasteiger partial charge >= 0.3 is 0 Å². The van der Waals surface area contributed by atoms with Crippen LogP contribution in [0.25, 0.3) is 0 Å². The first-order valence-corrected chi connectivity index (χ1v) is 5.48. The van der Waals surface area contributed by atoms with E-state index in [4.69, 9.17) is 0 Å². The van der Waals surface area contributed by atoms with Crippen LogP contribution in [0.1, 0.15) is 30.9 Å². The van der Waals surface area contributed by atoms with E-state index < -0.39 is 5.60 Å². The minimum Gasteiger partial charge on any atom is -0.386 e. The average molecular weight is 205 g/mol. The third-order valence-corrected chi connectivity index (χ3v) is 3.13. The molecule has 1 N–H and O–H groups in total. The highest BCUT2D eigenvalue weighted by molar-refractivity contribution is 5.31. The van der Waals surface area contributed by atoms with Gasteiger partial charge in [0.15, 0.2) is 0 Å². The van der Waals surface area contributed by atoms with Crippen LogP contribution in [-0.2, 0) is 5.60 Å². The Morgan fingerprint density at radius 1 is 1.33 bits per heavy atom. The van der Waals surface area contributed by atoms with Gasteiger partial charge in [-0.2, -0.15) is 0 Å². The first kappa shape index (κ1) is 10.7. The first-order valence-electron chi connectivity index (χ1n) is 5.48. The van der Waals surface area contributed by atoms with E-state index in [-0.39, 0.29) is 0 Å². The Balaban J connectivity index is 2.20. The summed E-state index contributed by atoms with van der Waals surface area (Å²) < 4.78 is 0. The summed E-state index contributed by atoms with van der Waals surface area (Å²) >= 11 is 0. The van der Waals surface area contributed by atoms with E-state index in [1.807, 2.05) is 26.0 Å². The zero-order valence-corrected chi connectivity index (χ0v) is 9.70. The van der Waals surface area contributed by atoms with Crippen LogP contribution in [0.4, 0.5) is 0 Å². The van der Waals surface area contributed by atoms with Gasteiger partial charge in [0, 0.05) is 19.0 Å². The van der Waals surface area contributed by atoms with Crippen molar-refractivity contribution < 1.29 is 5.11 Å². The third-order valence-electron chi connectivity index (χ3n) is 3.13. The standard InChI is InChI=1S/C13H19NO/c1-13(2,15)12-6-4-5-10(7-12)11-8-14(3)9-11/h4-7,11,15H,8-9H2,1-3H3. The maximum Gasteiger partial charge on any atom is 0.0840 e. The molecule has 1 saturated heterocycles. The van der Waals surface area contributed by atoms with Crippen LogP contribution in [0.15, 0.2) is 24.3 Å². The van der Waals surface area contributed by atoms with Crippen molar-refractivity contribution in [2.24, 2.45) is 0 Å². The van der Waals surface area contributed by atoms with Crippen LogP contribution in [0.3, 0.4) is 0 Å². The molecule has 2 nitrogen and oxygen atoms in total. The number of rotatable bonds is 2. The summed E-state index contributed by atoms with van der Waals surface area (Å²) in [6.07, 6.45) is 0. The molecule has 2 rings (SSSR count). The monoisotopic (exact) mass is 205 g/mol. The largest absolute Gasteiger partial charge is 0.386 e. The lowest BCUT2D eigenvalue weighted by atomic mass is 9.88. The molecule has 0 bridgehead atoms. The van der Waals surface area contributed by atoms with E-state index in [9.17, 15) is 5.11 Å². The highest BCUT2D eigenvalue weighted by Gasteiger charge is 2.26. The molecule has 0 radical (unpaired) electrons. The highest BCUT2D eigenvalue weighted by Crippen LogP contribution is 2.28. The first-order chi connectivity index (χ1) is 6.97. The van der Waals surface area contributed by atoms with Crippen LogP contribution in [-0.4, -0.2) is 30.1 Å². The molecule has 1 fully saturated rings. The number of hydrogen-bond acceptors (Lipinski definition) is 2. The Kier molecular flexibility index (Phi) is 2.57. The summed E-state index contributed by atoms with van der Waals surface area (Å²) in [5.74, 6) is 0.650. The molecular formula is C13H19NO. The van der Waals surface area contributed by atoms with Crippen LogP contribution in [0, 0.1) is 0 Å². The third kappa shape index (κ3) is 2.21. The minimum atomic E-state index is -0.730. The second-order valence-corrected chi connectivity index (χ2v) is 5.10. The molecule has 2 heteroatoms. The van der Waals surface area contributed by atoms with E-state index >= 15 is 0 Å². The van der Waals surface area contributed by atoms with Crippen LogP contribution in [0.2, 0.25) is 0 Å². The molecule has 15 heavy (non-hydrogen) atoms. The van der Waals surface area contributed by atoms with E-state index in [0.717, 1.165) is 18.7 Å². The number of aliphatic hydroxyl groups is 1. The number of nitrogens with zero attached hydrogens (tertiary/aromatic N) is 1. The normalized spacial score (nSPS) is 18.9. The molecule has 1 aromatic rings. The molecule has 82 valence electrons. The van der Waals surface area contributed by atoms with Crippen molar-refractivity contribution in [3.8, 4) is 0 Å². The summed E-state index contributed by atoms with van der Waals surface area (Å²) in [5, 5.41) is 9.93. The van der Waals surface area contributed by atoms with Gasteiger partial charge in [-0.1, -0.05) is 24.3 Å². The maximum atomic E-state index is 9.93. The number of likely N-dealkylation sites (N-methyl/N-ethyl adjacent to an activating group) is 1. The Morgan fingerprint density at radius 2 is 2.00 bits per heavy atom. The highest BCUT2D eigenvalue weighted by atomic mass is 16.3. The predicted octanol–water partition coefficient (Wildman–Crippen LogP) is 1.94. The molecular weight excluding hydrogens is 186 g/mol. The topological polar surface area (TPSA) is 23.5 Å². The maximum absolute atomic E-state index is 9.93. The summed E-state index contributed by atoms with van der Waals surface area (Å²) in [5.41, 5.74) is 1.63. The van der Waals surface area contributed by atoms with Gasteiger partial charge in [-0.15, -0.1) is 0 Å². The van der Waals surface area contributed by atoms with Crippen molar-refractivity contribution in [1.29, 1.82) is 0 Å². The molecule has 0 amide bonds. The molecule has 0 unspecified atom stereocenters. The Hall–Kier alpha value is -0.860. The predicted molar refractivity (Wildman–Crippen MR) is 61.9 cm³/mol. The lowest BCUT2D eigenvalue weighted by Crippen LogP contribution is -2.41. The summed E-state index contributed by atoms with van der Waals surface area (Å²) in [6.45, 7) is 5.93. The molecule has 1 heterocycles. The fourth-order valence-corrected chi connectivity index (χ4v) is 2.08. The van der Waals surface area contributed by atoms with Crippen LogP contribution in [0.5, 0.6) is 0 Å². The lowest BCUT2D eigenvalue weighted by Gasteiger charge is -2.37. The summed E-state index contributed by atoms with van der Waals surface area (Å²) in [4.78, 5) is 2.31. The van der Waals surface area contributed by atoms with Gasteiger partial charge in [-0.25, -0.2) is 0 Å². The van der Waals surface area contributed by atoms with Gasteiger partial charge in [0.25, 0.3) is 0 Å². The van der Waals surface area contributed by atoms with Crippen molar-refractivity contribution in [3.63, 3.8) is 0 Å². The number of benzene rings is 1. The van der Waals surface area contributed by atoms with E-state index in [1.165, 1.54) is 5.56 Å². The van der Waals surface area contributed by atoms with E-state index in [1.54, 1.807) is 0 Å². The van der Waals surface area contributed by atoms with Gasteiger partial charge < -0.3 is 10.0 Å². The molecule has 0 spiro atoms. The van der Waals surface area contributed by atoms with Gasteiger partial charge in [0.2, 0.25) is 0 Å². The van der Waals surface area contributed by atoms with E-state index in [0.29, 0.717) is 5.92 Å². The van der Waals surface area contributed by atoms with Crippen molar-refractivity contribution in [2.75, 3.05) is 20.1 Å². The van der Waals surface area contributed by atoms with Gasteiger partial charge in [-0.05, 0) is 32.0 Å². The van der Waals surface area contributed by atoms with Crippen LogP contribution < -0.4 is 0 Å². The van der Waals surface area contributed by atoms with Crippen molar-refractivity contribution in [2.45, 2.75) is 25.4 Å². The van der Waals surface area contributed by atoms with Gasteiger partial charge in [0.1, 0.15) is 0 Å². The molecule has 0 aliphatic carbocycles. The Bertz CT molecular complexity index is 348. The second kappa shape index (κ2) is 3.62. The zero-order chi connectivity index (χ0) is 11.1. The van der Waals surface area contributed by atoms with Crippen LogP contribution >= 0.6 is 0 Å². The van der Waals surface area contributed by atoms with Gasteiger partial charge in [0.05, 0.1) is 5.60 Å². The molecule has 1 aromatic carbocycles. The van der Waals surface area contributed by atoms with Crippen molar-refractivity contribution in [3.05, 3.63) is 35.4 Å². The number of hydrogen-bond donors (Lipinski definition) is 1. The smallest absolute Gasteiger partial charge is 0.0840 e. The molecule has 0 saturated carbocycles. The zero-order valence-electron chi connectivity index (χ0n) is 9.70. The Morgan fingerprint density at radius 3 is 2.53 bits per heavy atom. The Labute approximate surface area is 91.5 Å². The molecule has 0 atom stereocenters. The van der Waals surface area contributed by atoms with Crippen molar-refractivity contribution in [1.82, 2.24) is 4.90 Å². The molecule has 1 aliphatic rings. The number of likely N-dealkylation sites (tertiary alicyclic amines) is 1. The van der Waals surface area contributed by atoms with Crippen molar-refractivity contribution >= 4 is 0 Å². The fourth-order valence-electron chi connectivity index (χ4n) is 2.08. The molecule has 0 aromatic heterocycles.